The molecule has 2 unspecified atom stereocenters. The van der Waals surface area contributed by atoms with Crippen molar-refractivity contribution in [1.29, 1.82) is 0 Å². The van der Waals surface area contributed by atoms with E-state index >= 15 is 0 Å². The average molecular weight is 384 g/mol. The molecule has 2 atom stereocenters. The van der Waals surface area contributed by atoms with Gasteiger partial charge in [-0.05, 0) is 74.3 Å². The molecule has 0 saturated heterocycles. The Bertz CT molecular complexity index is 833. The monoisotopic (exact) mass is 383 g/mol. The molecule has 3 nitrogen and oxygen atoms in total. The largest absolute Gasteiger partial charge is 0.497 e. The molecule has 2 aromatic rings. The van der Waals surface area contributed by atoms with Crippen molar-refractivity contribution in [1.82, 2.24) is 4.90 Å². The van der Waals surface area contributed by atoms with Crippen LogP contribution >= 0.6 is 0 Å². The molecule has 0 radical (unpaired) electrons. The average Bonchev–Trinajstić information content (AvgIpc) is 2.82. The molecule has 0 amide bonds. The first-order valence-electron chi connectivity index (χ1n) is 9.91. The lowest BCUT2D eigenvalue weighted by Crippen LogP contribution is -2.41. The van der Waals surface area contributed by atoms with Crippen LogP contribution in [0.5, 0.6) is 5.75 Å². The van der Waals surface area contributed by atoms with Crippen molar-refractivity contribution in [2.45, 2.75) is 31.3 Å². The van der Waals surface area contributed by atoms with E-state index in [1.165, 1.54) is 12.1 Å². The van der Waals surface area contributed by atoms with Crippen LogP contribution in [0.25, 0.3) is 6.08 Å². The van der Waals surface area contributed by atoms with Gasteiger partial charge in [-0.15, -0.1) is 0 Å². The van der Waals surface area contributed by atoms with Gasteiger partial charge in [-0.25, -0.2) is 4.39 Å². The van der Waals surface area contributed by atoms with E-state index in [4.69, 9.17) is 4.74 Å². The summed E-state index contributed by atoms with van der Waals surface area (Å²) in [6, 6.07) is 14.3. The SMILES string of the molecule is COc1cccc(C=C2CCCCC(CN(C)C)C2(O)c2cccc(F)c2)c1. The second-order valence-electron chi connectivity index (χ2n) is 7.93. The van der Waals surface area contributed by atoms with Gasteiger partial charge in [0.15, 0.2) is 0 Å². The Morgan fingerprint density at radius 3 is 2.68 bits per heavy atom. The topological polar surface area (TPSA) is 32.7 Å². The summed E-state index contributed by atoms with van der Waals surface area (Å²) in [4.78, 5) is 2.10. The first kappa shape index (κ1) is 20.6. The van der Waals surface area contributed by atoms with Crippen LogP contribution in [-0.4, -0.2) is 37.8 Å². The predicted molar refractivity (Wildman–Crippen MR) is 112 cm³/mol. The van der Waals surface area contributed by atoms with Gasteiger partial charge in [0.2, 0.25) is 0 Å². The summed E-state index contributed by atoms with van der Waals surface area (Å²) in [5, 5.41) is 12.1. The van der Waals surface area contributed by atoms with Gasteiger partial charge in [-0.3, -0.25) is 0 Å². The molecule has 1 aliphatic carbocycles. The number of methoxy groups -OCH3 is 1. The van der Waals surface area contributed by atoms with Gasteiger partial charge in [0.1, 0.15) is 17.2 Å². The molecule has 28 heavy (non-hydrogen) atoms. The molecule has 0 bridgehead atoms. The van der Waals surface area contributed by atoms with Gasteiger partial charge >= 0.3 is 0 Å². The van der Waals surface area contributed by atoms with E-state index in [-0.39, 0.29) is 11.7 Å². The number of nitrogens with zero attached hydrogens (tertiary/aromatic N) is 1. The van der Waals surface area contributed by atoms with Gasteiger partial charge in [0.05, 0.1) is 7.11 Å². The minimum atomic E-state index is -1.20. The van der Waals surface area contributed by atoms with E-state index in [9.17, 15) is 9.50 Å². The molecule has 3 rings (SSSR count). The van der Waals surface area contributed by atoms with Crippen molar-refractivity contribution in [2.24, 2.45) is 5.92 Å². The molecular weight excluding hydrogens is 353 g/mol. The summed E-state index contributed by atoms with van der Waals surface area (Å²) in [5.74, 6) is 0.449. The summed E-state index contributed by atoms with van der Waals surface area (Å²) in [7, 11) is 5.68. The lowest BCUT2D eigenvalue weighted by molar-refractivity contribution is 0.000250. The highest BCUT2D eigenvalue weighted by atomic mass is 19.1. The summed E-state index contributed by atoms with van der Waals surface area (Å²) in [5.41, 5.74) is 1.35. The first-order valence-corrected chi connectivity index (χ1v) is 9.91. The molecule has 1 aliphatic rings. The van der Waals surface area contributed by atoms with Gasteiger partial charge in [-0.1, -0.05) is 36.8 Å². The zero-order chi connectivity index (χ0) is 20.1. The van der Waals surface area contributed by atoms with E-state index in [0.717, 1.165) is 49.1 Å². The van der Waals surface area contributed by atoms with E-state index in [1.54, 1.807) is 13.2 Å². The molecular formula is C24H30FNO2. The molecule has 1 N–H and O–H groups in total. The number of hydrogen-bond donors (Lipinski definition) is 1. The Morgan fingerprint density at radius 2 is 1.96 bits per heavy atom. The Balaban J connectivity index is 2.14. The highest BCUT2D eigenvalue weighted by Crippen LogP contribution is 2.45. The van der Waals surface area contributed by atoms with Crippen LogP contribution in [0.3, 0.4) is 0 Å². The molecule has 4 heteroatoms. The van der Waals surface area contributed by atoms with E-state index < -0.39 is 5.60 Å². The zero-order valence-electron chi connectivity index (χ0n) is 17.0. The van der Waals surface area contributed by atoms with Crippen LogP contribution in [-0.2, 0) is 5.60 Å². The lowest BCUT2D eigenvalue weighted by atomic mass is 9.74. The Hall–Kier alpha value is -2.17. The fraction of sp³-hybridized carbons (Fsp3) is 0.417. The fourth-order valence-electron chi connectivity index (χ4n) is 4.29. The van der Waals surface area contributed by atoms with E-state index in [1.807, 2.05) is 44.4 Å². The van der Waals surface area contributed by atoms with Gasteiger partial charge in [-0.2, -0.15) is 0 Å². The van der Waals surface area contributed by atoms with Crippen molar-refractivity contribution >= 4 is 6.08 Å². The Kier molecular flexibility index (Phi) is 6.53. The third-order valence-electron chi connectivity index (χ3n) is 5.61. The van der Waals surface area contributed by atoms with Crippen LogP contribution in [0, 0.1) is 11.7 Å². The molecule has 0 aromatic heterocycles. The van der Waals surface area contributed by atoms with Gasteiger partial charge in [0.25, 0.3) is 0 Å². The van der Waals surface area contributed by atoms with Crippen molar-refractivity contribution in [3.8, 4) is 5.75 Å². The maximum absolute atomic E-state index is 14.1. The number of halogens is 1. The Labute approximate surface area is 167 Å². The number of hydrogen-bond acceptors (Lipinski definition) is 3. The van der Waals surface area contributed by atoms with Gasteiger partial charge in [0, 0.05) is 12.5 Å². The molecule has 2 aromatic carbocycles. The summed E-state index contributed by atoms with van der Waals surface area (Å²) in [6.45, 7) is 0.739. The van der Waals surface area contributed by atoms with Crippen LogP contribution < -0.4 is 4.74 Å². The minimum absolute atomic E-state index is 0.0105. The third-order valence-corrected chi connectivity index (χ3v) is 5.61. The third kappa shape index (κ3) is 4.45. The summed E-state index contributed by atoms with van der Waals surface area (Å²) < 4.78 is 19.4. The molecule has 150 valence electrons. The number of benzene rings is 2. The fourth-order valence-corrected chi connectivity index (χ4v) is 4.29. The normalized spacial score (nSPS) is 24.4. The number of rotatable bonds is 5. The first-order chi connectivity index (χ1) is 13.4. The summed E-state index contributed by atoms with van der Waals surface area (Å²) in [6.07, 6.45) is 5.80. The predicted octanol–water partition coefficient (Wildman–Crippen LogP) is 4.86. The molecule has 1 fully saturated rings. The van der Waals surface area contributed by atoms with Crippen LogP contribution in [0.15, 0.2) is 54.1 Å². The highest BCUT2D eigenvalue weighted by molar-refractivity contribution is 5.58. The van der Waals surface area contributed by atoms with Crippen LogP contribution in [0.4, 0.5) is 4.39 Å². The van der Waals surface area contributed by atoms with Crippen molar-refractivity contribution in [3.05, 3.63) is 71.0 Å². The van der Waals surface area contributed by atoms with Crippen molar-refractivity contribution in [2.75, 3.05) is 27.7 Å². The smallest absolute Gasteiger partial charge is 0.123 e. The second-order valence-corrected chi connectivity index (χ2v) is 7.93. The number of ether oxygens (including phenoxy) is 1. The second kappa shape index (κ2) is 8.89. The van der Waals surface area contributed by atoms with Crippen molar-refractivity contribution in [3.63, 3.8) is 0 Å². The molecule has 0 heterocycles. The van der Waals surface area contributed by atoms with Crippen molar-refractivity contribution < 1.29 is 14.2 Å². The van der Waals surface area contributed by atoms with Crippen LogP contribution in [0.2, 0.25) is 0 Å². The molecule has 0 spiro atoms. The van der Waals surface area contributed by atoms with E-state index in [2.05, 4.69) is 11.0 Å². The zero-order valence-corrected chi connectivity index (χ0v) is 17.0. The maximum atomic E-state index is 14.1. The Morgan fingerprint density at radius 1 is 1.18 bits per heavy atom. The maximum Gasteiger partial charge on any atom is 0.123 e. The molecule has 1 saturated carbocycles. The van der Waals surface area contributed by atoms with Crippen LogP contribution in [0.1, 0.15) is 36.8 Å². The summed E-state index contributed by atoms with van der Waals surface area (Å²) >= 11 is 0. The number of aliphatic hydroxyl groups is 1. The quantitative estimate of drug-likeness (QED) is 0.749. The van der Waals surface area contributed by atoms with E-state index in [0.29, 0.717) is 5.56 Å². The standard InChI is InChI=1S/C24H30FNO2/c1-26(2)17-21-10-5-4-9-19(14-18-8-6-13-23(15-18)28-3)24(21,27)20-11-7-12-22(25)16-20/h6-8,11-16,21,27H,4-5,9-10,17H2,1-3H3. The highest BCUT2D eigenvalue weighted by Gasteiger charge is 2.43. The lowest BCUT2D eigenvalue weighted by Gasteiger charge is -2.39. The molecule has 0 aliphatic heterocycles. The minimum Gasteiger partial charge on any atom is -0.497 e. The van der Waals surface area contributed by atoms with Gasteiger partial charge < -0.3 is 14.7 Å².